The van der Waals surface area contributed by atoms with Gasteiger partial charge in [-0.25, -0.2) is 0 Å². The van der Waals surface area contributed by atoms with E-state index in [9.17, 15) is 4.79 Å². The number of pyridine rings is 1. The second-order valence-electron chi connectivity index (χ2n) is 6.13. The third kappa shape index (κ3) is 2.32. The van der Waals surface area contributed by atoms with Crippen LogP contribution in [0.1, 0.15) is 46.0 Å². The molecule has 0 saturated heterocycles. The molecule has 0 radical (unpaired) electrons. The molecule has 1 aliphatic rings. The van der Waals surface area contributed by atoms with Gasteiger partial charge in [-0.05, 0) is 55.9 Å². The maximum atomic E-state index is 12.6. The van der Waals surface area contributed by atoms with Gasteiger partial charge in [-0.3, -0.25) is 4.79 Å². The fraction of sp³-hybridized carbons (Fsp3) is 0.389. The predicted molar refractivity (Wildman–Crippen MR) is 85.7 cm³/mol. The van der Waals surface area contributed by atoms with Crippen LogP contribution in [-0.4, -0.2) is 4.57 Å². The molecule has 1 heterocycles. The van der Waals surface area contributed by atoms with E-state index in [4.69, 9.17) is 5.73 Å². The molecule has 0 aliphatic heterocycles. The fourth-order valence-corrected chi connectivity index (χ4v) is 3.34. The molecule has 3 nitrogen and oxygen atoms in total. The van der Waals surface area contributed by atoms with Crippen LogP contribution in [0.2, 0.25) is 0 Å². The zero-order chi connectivity index (χ0) is 15.1. The molecule has 0 amide bonds. The molecule has 1 unspecified atom stereocenters. The normalized spacial score (nSPS) is 15.0. The zero-order valence-electron chi connectivity index (χ0n) is 12.9. The molecule has 0 saturated carbocycles. The van der Waals surface area contributed by atoms with Gasteiger partial charge in [0.25, 0.3) is 5.56 Å². The lowest BCUT2D eigenvalue weighted by atomic mass is 9.94. The van der Waals surface area contributed by atoms with Crippen molar-refractivity contribution >= 4 is 0 Å². The number of benzene rings is 1. The molecule has 2 N–H and O–H groups in total. The van der Waals surface area contributed by atoms with Crippen LogP contribution in [0.3, 0.4) is 0 Å². The van der Waals surface area contributed by atoms with Crippen molar-refractivity contribution in [3.05, 3.63) is 68.1 Å². The van der Waals surface area contributed by atoms with Crippen molar-refractivity contribution in [1.29, 1.82) is 0 Å². The minimum atomic E-state index is -0.352. The first-order valence-electron chi connectivity index (χ1n) is 7.53. The Morgan fingerprint density at radius 3 is 2.67 bits per heavy atom. The van der Waals surface area contributed by atoms with E-state index in [0.717, 1.165) is 30.4 Å². The van der Waals surface area contributed by atoms with Crippen molar-refractivity contribution in [3.8, 4) is 0 Å². The Balaban J connectivity index is 2.14. The number of fused-ring (bicyclic) bond motifs is 1. The van der Waals surface area contributed by atoms with Crippen LogP contribution in [0.25, 0.3) is 0 Å². The third-order valence-corrected chi connectivity index (χ3v) is 4.62. The molecule has 21 heavy (non-hydrogen) atoms. The molecule has 3 heteroatoms. The Hall–Kier alpha value is -1.87. The summed E-state index contributed by atoms with van der Waals surface area (Å²) in [5, 5.41) is 0. The molecule has 3 rings (SSSR count). The average Bonchev–Trinajstić information content (AvgIpc) is 2.93. The summed E-state index contributed by atoms with van der Waals surface area (Å²) in [6.07, 6.45) is 3.18. The van der Waals surface area contributed by atoms with Crippen LogP contribution in [-0.2, 0) is 19.9 Å². The summed E-state index contributed by atoms with van der Waals surface area (Å²) in [7, 11) is 1.87. The summed E-state index contributed by atoms with van der Waals surface area (Å²) < 4.78 is 1.79. The highest BCUT2D eigenvalue weighted by Crippen LogP contribution is 2.26. The van der Waals surface area contributed by atoms with Crippen LogP contribution in [0, 0.1) is 13.8 Å². The standard InChI is InChI=1S/C18H22N2O/c1-11-7-8-12(2)14(9-11)17(19)15-10-13-5-4-6-16(13)20(3)18(15)21/h7-10,17H,4-6,19H2,1-3H3. The largest absolute Gasteiger partial charge is 0.320 e. The zero-order valence-corrected chi connectivity index (χ0v) is 12.9. The number of rotatable bonds is 2. The number of aryl methyl sites for hydroxylation is 3. The number of hydrogen-bond acceptors (Lipinski definition) is 2. The van der Waals surface area contributed by atoms with Gasteiger partial charge in [0.2, 0.25) is 0 Å². The molecule has 2 aromatic rings. The van der Waals surface area contributed by atoms with Crippen molar-refractivity contribution in [3.63, 3.8) is 0 Å². The van der Waals surface area contributed by atoms with Gasteiger partial charge in [0.05, 0.1) is 6.04 Å². The minimum absolute atomic E-state index is 0.0454. The topological polar surface area (TPSA) is 48.0 Å². The van der Waals surface area contributed by atoms with E-state index in [1.807, 2.05) is 20.0 Å². The molecular weight excluding hydrogens is 260 g/mol. The molecule has 1 aliphatic carbocycles. The smallest absolute Gasteiger partial charge is 0.255 e. The second-order valence-corrected chi connectivity index (χ2v) is 6.13. The molecule has 1 atom stereocenters. The van der Waals surface area contributed by atoms with Gasteiger partial charge in [0.1, 0.15) is 0 Å². The lowest BCUT2D eigenvalue weighted by molar-refractivity contribution is 0.741. The highest BCUT2D eigenvalue weighted by Gasteiger charge is 2.21. The summed E-state index contributed by atoms with van der Waals surface area (Å²) in [4.78, 5) is 12.6. The summed E-state index contributed by atoms with van der Waals surface area (Å²) in [5.74, 6) is 0. The van der Waals surface area contributed by atoms with E-state index in [-0.39, 0.29) is 11.6 Å². The summed E-state index contributed by atoms with van der Waals surface area (Å²) >= 11 is 0. The molecule has 1 aromatic carbocycles. The Bertz CT molecular complexity index is 759. The van der Waals surface area contributed by atoms with Crippen LogP contribution in [0.4, 0.5) is 0 Å². The monoisotopic (exact) mass is 282 g/mol. The first kappa shape index (κ1) is 14.1. The lowest BCUT2D eigenvalue weighted by Crippen LogP contribution is -2.29. The quantitative estimate of drug-likeness (QED) is 0.920. The van der Waals surface area contributed by atoms with Crippen molar-refractivity contribution < 1.29 is 0 Å². The Labute approximate surface area is 125 Å². The molecule has 0 spiro atoms. The van der Waals surface area contributed by atoms with Crippen LogP contribution in [0.5, 0.6) is 0 Å². The number of hydrogen-bond donors (Lipinski definition) is 1. The van der Waals surface area contributed by atoms with Gasteiger partial charge in [-0.2, -0.15) is 0 Å². The molecular formula is C18H22N2O. The maximum Gasteiger partial charge on any atom is 0.255 e. The number of nitrogens with two attached hydrogens (primary N) is 1. The first-order chi connectivity index (χ1) is 9.99. The van der Waals surface area contributed by atoms with Crippen molar-refractivity contribution in [2.45, 2.75) is 39.2 Å². The van der Waals surface area contributed by atoms with Crippen molar-refractivity contribution in [2.24, 2.45) is 12.8 Å². The van der Waals surface area contributed by atoms with Gasteiger partial charge in [0.15, 0.2) is 0 Å². The molecule has 0 bridgehead atoms. The van der Waals surface area contributed by atoms with E-state index in [1.54, 1.807) is 4.57 Å². The lowest BCUT2D eigenvalue weighted by Gasteiger charge is -2.18. The Morgan fingerprint density at radius 1 is 1.14 bits per heavy atom. The van der Waals surface area contributed by atoms with E-state index in [0.29, 0.717) is 5.56 Å². The van der Waals surface area contributed by atoms with Crippen molar-refractivity contribution in [1.82, 2.24) is 4.57 Å². The van der Waals surface area contributed by atoms with Gasteiger partial charge in [0, 0.05) is 18.3 Å². The Kier molecular flexibility index (Phi) is 3.46. The van der Waals surface area contributed by atoms with Crippen LogP contribution in [0.15, 0.2) is 29.1 Å². The van der Waals surface area contributed by atoms with E-state index >= 15 is 0 Å². The Morgan fingerprint density at radius 2 is 1.90 bits per heavy atom. The van der Waals surface area contributed by atoms with Gasteiger partial charge >= 0.3 is 0 Å². The van der Waals surface area contributed by atoms with Crippen LogP contribution >= 0.6 is 0 Å². The molecule has 1 aromatic heterocycles. The highest BCUT2D eigenvalue weighted by atomic mass is 16.1. The van der Waals surface area contributed by atoms with Gasteiger partial charge in [-0.15, -0.1) is 0 Å². The fourth-order valence-electron chi connectivity index (χ4n) is 3.34. The summed E-state index contributed by atoms with van der Waals surface area (Å²) in [5.41, 5.74) is 13.0. The average molecular weight is 282 g/mol. The summed E-state index contributed by atoms with van der Waals surface area (Å²) in [6.45, 7) is 4.10. The van der Waals surface area contributed by atoms with Crippen molar-refractivity contribution in [2.75, 3.05) is 0 Å². The van der Waals surface area contributed by atoms with Crippen LogP contribution < -0.4 is 11.3 Å². The molecule has 0 fully saturated rings. The summed E-state index contributed by atoms with van der Waals surface area (Å²) in [6, 6.07) is 7.92. The number of aromatic nitrogens is 1. The third-order valence-electron chi connectivity index (χ3n) is 4.62. The van der Waals surface area contributed by atoms with Gasteiger partial charge < -0.3 is 10.3 Å². The molecule has 110 valence electrons. The van der Waals surface area contributed by atoms with E-state index < -0.39 is 0 Å². The highest BCUT2D eigenvalue weighted by molar-refractivity contribution is 5.40. The van der Waals surface area contributed by atoms with E-state index in [2.05, 4.69) is 25.1 Å². The van der Waals surface area contributed by atoms with Gasteiger partial charge in [-0.1, -0.05) is 23.8 Å². The second kappa shape index (κ2) is 5.15. The first-order valence-corrected chi connectivity index (χ1v) is 7.53. The number of nitrogens with zero attached hydrogens (tertiary/aromatic N) is 1. The predicted octanol–water partition coefficient (Wildman–Crippen LogP) is 2.54. The minimum Gasteiger partial charge on any atom is -0.320 e. The SMILES string of the molecule is Cc1ccc(C)c(C(N)c2cc3c(n(C)c2=O)CCC3)c1. The van der Waals surface area contributed by atoms with E-state index in [1.165, 1.54) is 16.8 Å². The maximum absolute atomic E-state index is 12.6.